The first kappa shape index (κ1) is 24.1. The minimum absolute atomic E-state index is 0.0366. The molecule has 0 saturated carbocycles. The highest BCUT2D eigenvalue weighted by Crippen LogP contribution is 2.33. The van der Waals surface area contributed by atoms with Crippen molar-refractivity contribution in [3.8, 4) is 0 Å². The van der Waals surface area contributed by atoms with Gasteiger partial charge in [0.2, 0.25) is 15.9 Å². The summed E-state index contributed by atoms with van der Waals surface area (Å²) in [6.07, 6.45) is 1.19. The highest BCUT2D eigenvalue weighted by atomic mass is 35.5. The first-order valence-corrected chi connectivity index (χ1v) is 13.8. The lowest BCUT2D eigenvalue weighted by Gasteiger charge is -2.31. The number of aryl methyl sites for hydroxylation is 1. The van der Waals surface area contributed by atoms with Crippen molar-refractivity contribution in [3.05, 3.63) is 70.7 Å². The van der Waals surface area contributed by atoms with Gasteiger partial charge in [-0.2, -0.15) is 4.31 Å². The number of anilines is 1. The van der Waals surface area contributed by atoms with Crippen molar-refractivity contribution in [1.82, 2.24) is 8.87 Å². The standard InChI is InChI=1S/C26H25Cl2N3O3S/c1-2-31-23-8-4-3-7-20(23)21-15-19(10-12-24(21)31)29-26(32)17-6-5-13-30(16-17)35(33,34)25-14-18(27)9-11-22(25)28/h3-4,7-12,14-15,17H,2,5-6,13,16H2,1H3,(H,29,32)/t17-/m0/s1. The molecule has 6 nitrogen and oxygen atoms in total. The number of amides is 1. The van der Waals surface area contributed by atoms with Crippen molar-refractivity contribution in [2.75, 3.05) is 18.4 Å². The summed E-state index contributed by atoms with van der Waals surface area (Å²) in [6, 6.07) is 18.5. The predicted octanol–water partition coefficient (Wildman–Crippen LogP) is 6.16. The zero-order chi connectivity index (χ0) is 24.7. The van der Waals surface area contributed by atoms with Gasteiger partial charge in [0.1, 0.15) is 4.90 Å². The van der Waals surface area contributed by atoms with Crippen molar-refractivity contribution in [3.63, 3.8) is 0 Å². The van der Waals surface area contributed by atoms with Gasteiger partial charge in [-0.1, -0.05) is 41.4 Å². The van der Waals surface area contributed by atoms with E-state index in [0.29, 0.717) is 30.1 Å². The third-order valence-electron chi connectivity index (χ3n) is 6.62. The minimum Gasteiger partial charge on any atom is -0.341 e. The number of rotatable bonds is 5. The van der Waals surface area contributed by atoms with Crippen LogP contribution >= 0.6 is 23.2 Å². The number of fused-ring (bicyclic) bond motifs is 3. The molecule has 0 aliphatic carbocycles. The molecule has 1 aromatic heterocycles. The molecule has 5 rings (SSSR count). The molecular formula is C26H25Cl2N3O3S. The summed E-state index contributed by atoms with van der Waals surface area (Å²) in [7, 11) is -3.87. The van der Waals surface area contributed by atoms with E-state index in [1.165, 1.54) is 16.4 Å². The van der Waals surface area contributed by atoms with Crippen LogP contribution in [0.25, 0.3) is 21.8 Å². The minimum atomic E-state index is -3.87. The molecule has 35 heavy (non-hydrogen) atoms. The topological polar surface area (TPSA) is 71.4 Å². The smallest absolute Gasteiger partial charge is 0.244 e. The molecule has 9 heteroatoms. The molecule has 0 unspecified atom stereocenters. The van der Waals surface area contributed by atoms with Crippen molar-refractivity contribution < 1.29 is 13.2 Å². The number of sulfonamides is 1. The van der Waals surface area contributed by atoms with E-state index in [0.717, 1.165) is 28.4 Å². The lowest BCUT2D eigenvalue weighted by Crippen LogP contribution is -2.43. The van der Waals surface area contributed by atoms with Gasteiger partial charge < -0.3 is 9.88 Å². The molecule has 1 atom stereocenters. The fourth-order valence-electron chi connectivity index (χ4n) is 4.91. The maximum atomic E-state index is 13.2. The molecule has 0 spiro atoms. The second-order valence-corrected chi connectivity index (χ2v) is 11.5. The van der Waals surface area contributed by atoms with Gasteiger partial charge in [0.15, 0.2) is 0 Å². The number of nitrogens with zero attached hydrogens (tertiary/aromatic N) is 2. The number of aromatic nitrogens is 1. The van der Waals surface area contributed by atoms with Crippen LogP contribution in [0.5, 0.6) is 0 Å². The molecule has 3 aromatic carbocycles. The number of para-hydroxylation sites is 1. The summed E-state index contributed by atoms with van der Waals surface area (Å²) in [5.41, 5.74) is 2.96. The van der Waals surface area contributed by atoms with Crippen molar-refractivity contribution >= 4 is 66.6 Å². The molecule has 1 saturated heterocycles. The van der Waals surface area contributed by atoms with Gasteiger partial charge in [-0.25, -0.2) is 8.42 Å². The van der Waals surface area contributed by atoms with Gasteiger partial charge in [-0.3, -0.25) is 4.79 Å². The molecule has 2 heterocycles. The number of piperidine rings is 1. The van der Waals surface area contributed by atoms with Crippen LogP contribution in [0.4, 0.5) is 5.69 Å². The monoisotopic (exact) mass is 529 g/mol. The summed E-state index contributed by atoms with van der Waals surface area (Å²) in [5.74, 6) is -0.662. The van der Waals surface area contributed by atoms with Crippen LogP contribution in [0, 0.1) is 5.92 Å². The first-order chi connectivity index (χ1) is 16.8. The summed E-state index contributed by atoms with van der Waals surface area (Å²) in [6.45, 7) is 3.38. The van der Waals surface area contributed by atoms with E-state index in [9.17, 15) is 13.2 Å². The molecule has 0 radical (unpaired) electrons. The Balaban J connectivity index is 1.38. The van der Waals surface area contributed by atoms with Crippen LogP contribution in [-0.2, 0) is 21.4 Å². The third kappa shape index (κ3) is 4.42. The molecule has 1 N–H and O–H groups in total. The highest BCUT2D eigenvalue weighted by Gasteiger charge is 2.34. The molecule has 0 bridgehead atoms. The van der Waals surface area contributed by atoms with E-state index in [-0.39, 0.29) is 22.4 Å². The summed E-state index contributed by atoms with van der Waals surface area (Å²) in [5, 5.41) is 5.62. The lowest BCUT2D eigenvalue weighted by atomic mass is 9.98. The van der Waals surface area contributed by atoms with E-state index >= 15 is 0 Å². The van der Waals surface area contributed by atoms with Crippen LogP contribution < -0.4 is 5.32 Å². The van der Waals surface area contributed by atoms with Gasteiger partial charge in [0.05, 0.1) is 10.9 Å². The van der Waals surface area contributed by atoms with Crippen LogP contribution in [-0.4, -0.2) is 36.3 Å². The normalized spacial score (nSPS) is 17.2. The van der Waals surface area contributed by atoms with E-state index in [1.54, 1.807) is 6.07 Å². The number of halogens is 2. The number of nitrogens with one attached hydrogen (secondary N) is 1. The number of carbonyl (C=O) groups is 1. The Morgan fingerprint density at radius 3 is 2.60 bits per heavy atom. The quantitative estimate of drug-likeness (QED) is 0.336. The van der Waals surface area contributed by atoms with Crippen LogP contribution in [0.15, 0.2) is 65.6 Å². The Hall–Kier alpha value is -2.58. The van der Waals surface area contributed by atoms with Crippen molar-refractivity contribution in [2.24, 2.45) is 5.92 Å². The van der Waals surface area contributed by atoms with E-state index in [1.807, 2.05) is 30.3 Å². The zero-order valence-electron chi connectivity index (χ0n) is 19.2. The van der Waals surface area contributed by atoms with Gasteiger partial charge in [-0.05, 0) is 62.2 Å². The molecule has 1 aliphatic rings. The predicted molar refractivity (Wildman–Crippen MR) is 142 cm³/mol. The molecule has 1 aliphatic heterocycles. The average molecular weight is 530 g/mol. The third-order valence-corrected chi connectivity index (χ3v) is 9.20. The second-order valence-electron chi connectivity index (χ2n) is 8.76. The SMILES string of the molecule is CCn1c2ccccc2c2cc(NC(=O)[C@H]3CCCN(S(=O)(=O)c4cc(Cl)ccc4Cl)C3)ccc21. The summed E-state index contributed by atoms with van der Waals surface area (Å²) >= 11 is 12.2. The Bertz CT molecular complexity index is 1550. The molecule has 4 aromatic rings. The Labute approximate surface area is 214 Å². The van der Waals surface area contributed by atoms with Gasteiger partial charge in [0, 0.05) is 52.2 Å². The second kappa shape index (κ2) is 9.47. The molecule has 1 amide bonds. The fraction of sp³-hybridized carbons (Fsp3) is 0.269. The number of benzene rings is 3. The maximum absolute atomic E-state index is 13.2. The number of hydrogen-bond acceptors (Lipinski definition) is 3. The van der Waals surface area contributed by atoms with Gasteiger partial charge >= 0.3 is 0 Å². The van der Waals surface area contributed by atoms with E-state index < -0.39 is 15.9 Å². The average Bonchev–Trinajstić information content (AvgIpc) is 3.18. The Kier molecular flexibility index (Phi) is 6.53. The van der Waals surface area contributed by atoms with Crippen LogP contribution in [0.1, 0.15) is 19.8 Å². The van der Waals surface area contributed by atoms with Gasteiger partial charge in [0.25, 0.3) is 0 Å². The van der Waals surface area contributed by atoms with Crippen LogP contribution in [0.2, 0.25) is 10.0 Å². The van der Waals surface area contributed by atoms with E-state index in [2.05, 4.69) is 28.9 Å². The first-order valence-electron chi connectivity index (χ1n) is 11.6. The van der Waals surface area contributed by atoms with Crippen LogP contribution in [0.3, 0.4) is 0 Å². The lowest BCUT2D eigenvalue weighted by molar-refractivity contribution is -0.120. The molecular weight excluding hydrogens is 505 g/mol. The Morgan fingerprint density at radius 1 is 1.03 bits per heavy atom. The number of hydrogen-bond donors (Lipinski definition) is 1. The summed E-state index contributed by atoms with van der Waals surface area (Å²) in [4.78, 5) is 13.1. The molecule has 182 valence electrons. The Morgan fingerprint density at radius 2 is 1.80 bits per heavy atom. The van der Waals surface area contributed by atoms with Gasteiger partial charge in [-0.15, -0.1) is 0 Å². The van der Waals surface area contributed by atoms with Crippen molar-refractivity contribution in [1.29, 1.82) is 0 Å². The summed E-state index contributed by atoms with van der Waals surface area (Å²) < 4.78 is 30.1. The highest BCUT2D eigenvalue weighted by molar-refractivity contribution is 7.89. The zero-order valence-corrected chi connectivity index (χ0v) is 21.5. The van der Waals surface area contributed by atoms with Crippen molar-refractivity contribution in [2.45, 2.75) is 31.2 Å². The largest absolute Gasteiger partial charge is 0.341 e. The maximum Gasteiger partial charge on any atom is 0.244 e. The number of carbonyl (C=O) groups excluding carboxylic acids is 1. The van der Waals surface area contributed by atoms with E-state index in [4.69, 9.17) is 23.2 Å². The molecule has 1 fully saturated rings. The fourth-order valence-corrected chi connectivity index (χ4v) is 7.17.